The molecule has 0 aromatic heterocycles. The van der Waals surface area contributed by atoms with Crippen LogP contribution in [0.1, 0.15) is 6.92 Å². The van der Waals surface area contributed by atoms with Gasteiger partial charge in [0.05, 0.1) is 13.2 Å². The van der Waals surface area contributed by atoms with Crippen molar-refractivity contribution in [3.8, 4) is 0 Å². The molecule has 1 saturated heterocycles. The second-order valence-electron chi connectivity index (χ2n) is 1.98. The number of carbonyl (C=O) groups excluding carboxylic acids is 1. The summed E-state index contributed by atoms with van der Waals surface area (Å²) in [6.45, 7) is 2.77. The molecule has 0 saturated carbocycles. The Bertz CT molecular complexity index is 117. The van der Waals surface area contributed by atoms with Gasteiger partial charge in [-0.15, -0.1) is 0 Å². The average Bonchev–Trinajstić information content (AvgIpc) is 1.88. The number of rotatable bonds is 1. The summed E-state index contributed by atoms with van der Waals surface area (Å²) in [6, 6.07) is 0. The zero-order chi connectivity index (χ0) is 7.40. The highest BCUT2D eigenvalue weighted by atomic mass is 16.7. The second kappa shape index (κ2) is 3.53. The second-order valence-corrected chi connectivity index (χ2v) is 1.98. The Labute approximate surface area is 59.1 Å². The van der Waals surface area contributed by atoms with E-state index in [0.29, 0.717) is 19.8 Å². The lowest BCUT2D eigenvalue weighted by atomic mass is 10.6. The van der Waals surface area contributed by atoms with E-state index in [0.717, 1.165) is 0 Å². The Morgan fingerprint density at radius 3 is 2.90 bits per heavy atom. The summed E-state index contributed by atoms with van der Waals surface area (Å²) in [7, 11) is 0. The smallest absolute Gasteiger partial charge is 0.305 e. The number of hydrogen-bond acceptors (Lipinski definition) is 4. The number of hydrogen-bond donors (Lipinski definition) is 0. The summed E-state index contributed by atoms with van der Waals surface area (Å²) in [6.07, 6.45) is -0.494. The van der Waals surface area contributed by atoms with Crippen LogP contribution in [-0.2, 0) is 19.0 Å². The van der Waals surface area contributed by atoms with Crippen molar-refractivity contribution in [3.05, 3.63) is 0 Å². The molecular weight excluding hydrogens is 136 g/mol. The normalized spacial score (nSPS) is 25.9. The van der Waals surface area contributed by atoms with Crippen LogP contribution in [0.25, 0.3) is 0 Å². The molecule has 1 atom stereocenters. The van der Waals surface area contributed by atoms with Gasteiger partial charge in [-0.2, -0.15) is 0 Å². The maximum Gasteiger partial charge on any atom is 0.305 e. The summed E-state index contributed by atoms with van der Waals surface area (Å²) in [4.78, 5) is 10.4. The molecule has 1 aliphatic rings. The fourth-order valence-corrected chi connectivity index (χ4v) is 0.719. The fourth-order valence-electron chi connectivity index (χ4n) is 0.719. The van der Waals surface area contributed by atoms with Gasteiger partial charge in [0.2, 0.25) is 6.29 Å². The molecule has 4 nitrogen and oxygen atoms in total. The molecule has 1 fully saturated rings. The van der Waals surface area contributed by atoms with Gasteiger partial charge in [0.25, 0.3) is 0 Å². The topological polar surface area (TPSA) is 44.8 Å². The van der Waals surface area contributed by atoms with Crippen molar-refractivity contribution in [1.82, 2.24) is 0 Å². The molecule has 0 aromatic rings. The van der Waals surface area contributed by atoms with Crippen LogP contribution in [0.15, 0.2) is 0 Å². The first-order valence-electron chi connectivity index (χ1n) is 3.15. The highest BCUT2D eigenvalue weighted by Gasteiger charge is 2.15. The SMILES string of the molecule is CC(=O)OC1COCCO1. The Kier molecular flexibility index (Phi) is 2.65. The van der Waals surface area contributed by atoms with Crippen molar-refractivity contribution >= 4 is 5.97 Å². The van der Waals surface area contributed by atoms with Crippen LogP contribution in [0.4, 0.5) is 0 Å². The van der Waals surface area contributed by atoms with Gasteiger partial charge in [-0.25, -0.2) is 0 Å². The molecule has 0 aliphatic carbocycles. The number of ether oxygens (including phenoxy) is 3. The van der Waals surface area contributed by atoms with E-state index in [1.165, 1.54) is 6.92 Å². The summed E-state index contributed by atoms with van der Waals surface area (Å²) in [5.41, 5.74) is 0. The quantitative estimate of drug-likeness (QED) is 0.485. The first-order valence-corrected chi connectivity index (χ1v) is 3.15. The Morgan fingerprint density at radius 2 is 2.40 bits per heavy atom. The molecule has 58 valence electrons. The first kappa shape index (κ1) is 7.50. The standard InChI is InChI=1S/C6H10O4/c1-5(7)10-6-4-8-2-3-9-6/h6H,2-4H2,1H3. The predicted molar refractivity (Wildman–Crippen MR) is 32.3 cm³/mol. The van der Waals surface area contributed by atoms with E-state index in [4.69, 9.17) is 14.2 Å². The van der Waals surface area contributed by atoms with Crippen molar-refractivity contribution in [1.29, 1.82) is 0 Å². The van der Waals surface area contributed by atoms with E-state index < -0.39 is 6.29 Å². The van der Waals surface area contributed by atoms with Crippen molar-refractivity contribution in [2.24, 2.45) is 0 Å². The van der Waals surface area contributed by atoms with Gasteiger partial charge in [-0.1, -0.05) is 0 Å². The Hall–Kier alpha value is -0.610. The van der Waals surface area contributed by atoms with Gasteiger partial charge >= 0.3 is 5.97 Å². The minimum Gasteiger partial charge on any atom is -0.433 e. The van der Waals surface area contributed by atoms with Crippen LogP contribution in [0.2, 0.25) is 0 Å². The molecule has 1 unspecified atom stereocenters. The minimum absolute atomic E-state index is 0.337. The number of carbonyl (C=O) groups is 1. The van der Waals surface area contributed by atoms with Crippen LogP contribution in [0.5, 0.6) is 0 Å². The van der Waals surface area contributed by atoms with E-state index in [-0.39, 0.29) is 5.97 Å². The monoisotopic (exact) mass is 146 g/mol. The van der Waals surface area contributed by atoms with Gasteiger partial charge in [0, 0.05) is 6.92 Å². The predicted octanol–water partition coefficient (Wildman–Crippen LogP) is -0.0776. The van der Waals surface area contributed by atoms with E-state index in [1.54, 1.807) is 0 Å². The molecule has 0 bridgehead atoms. The van der Waals surface area contributed by atoms with Crippen LogP contribution < -0.4 is 0 Å². The lowest BCUT2D eigenvalue weighted by Gasteiger charge is -2.21. The van der Waals surface area contributed by atoms with E-state index >= 15 is 0 Å². The third-order valence-electron chi connectivity index (χ3n) is 1.08. The van der Waals surface area contributed by atoms with Crippen LogP contribution in [0.3, 0.4) is 0 Å². The Morgan fingerprint density at radius 1 is 1.60 bits per heavy atom. The zero-order valence-corrected chi connectivity index (χ0v) is 5.83. The molecule has 0 amide bonds. The van der Waals surface area contributed by atoms with Gasteiger partial charge < -0.3 is 14.2 Å². The lowest BCUT2D eigenvalue weighted by molar-refractivity contribution is -0.212. The highest BCUT2D eigenvalue weighted by molar-refractivity contribution is 5.66. The van der Waals surface area contributed by atoms with E-state index in [2.05, 4.69) is 0 Å². The maximum absolute atomic E-state index is 10.4. The Balaban J connectivity index is 2.19. The van der Waals surface area contributed by atoms with Gasteiger partial charge in [0.1, 0.15) is 6.61 Å². The van der Waals surface area contributed by atoms with E-state index in [9.17, 15) is 4.79 Å². The maximum atomic E-state index is 10.4. The van der Waals surface area contributed by atoms with Crippen molar-refractivity contribution in [3.63, 3.8) is 0 Å². The summed E-state index contributed by atoms with van der Waals surface area (Å²) < 4.78 is 14.7. The summed E-state index contributed by atoms with van der Waals surface area (Å²) >= 11 is 0. The molecular formula is C6H10O4. The van der Waals surface area contributed by atoms with E-state index in [1.807, 2.05) is 0 Å². The van der Waals surface area contributed by atoms with Crippen molar-refractivity contribution < 1.29 is 19.0 Å². The molecule has 1 rings (SSSR count). The van der Waals surface area contributed by atoms with Gasteiger partial charge in [-0.05, 0) is 0 Å². The third-order valence-corrected chi connectivity index (χ3v) is 1.08. The van der Waals surface area contributed by atoms with Crippen LogP contribution in [-0.4, -0.2) is 32.1 Å². The average molecular weight is 146 g/mol. The molecule has 0 spiro atoms. The first-order chi connectivity index (χ1) is 4.79. The molecule has 1 aliphatic heterocycles. The molecule has 1 heterocycles. The molecule has 0 aromatic carbocycles. The van der Waals surface area contributed by atoms with Gasteiger partial charge in [0.15, 0.2) is 0 Å². The van der Waals surface area contributed by atoms with Crippen molar-refractivity contribution in [2.75, 3.05) is 19.8 Å². The van der Waals surface area contributed by atoms with Crippen LogP contribution in [0, 0.1) is 0 Å². The fraction of sp³-hybridized carbons (Fsp3) is 0.833. The number of esters is 1. The largest absolute Gasteiger partial charge is 0.433 e. The zero-order valence-electron chi connectivity index (χ0n) is 5.83. The molecule has 10 heavy (non-hydrogen) atoms. The van der Waals surface area contributed by atoms with Crippen molar-refractivity contribution in [2.45, 2.75) is 13.2 Å². The third kappa shape index (κ3) is 2.33. The molecule has 4 heteroatoms. The van der Waals surface area contributed by atoms with Gasteiger partial charge in [-0.3, -0.25) is 4.79 Å². The van der Waals surface area contributed by atoms with Crippen LogP contribution >= 0.6 is 0 Å². The highest BCUT2D eigenvalue weighted by Crippen LogP contribution is 2.01. The summed E-state index contributed by atoms with van der Waals surface area (Å²) in [5.74, 6) is -0.337. The lowest BCUT2D eigenvalue weighted by Crippen LogP contribution is -2.32. The minimum atomic E-state index is -0.494. The summed E-state index contributed by atoms with van der Waals surface area (Å²) in [5, 5.41) is 0. The molecule has 0 radical (unpaired) electrons. The molecule has 0 N–H and O–H groups in total.